The Labute approximate surface area is 233 Å². The van der Waals surface area contributed by atoms with Crippen molar-refractivity contribution in [3.05, 3.63) is 118 Å². The number of carbonyl (C=O) groups is 1. The van der Waals surface area contributed by atoms with Crippen LogP contribution in [-0.4, -0.2) is 33.6 Å². The van der Waals surface area contributed by atoms with Crippen LogP contribution in [0.15, 0.2) is 104 Å². The van der Waals surface area contributed by atoms with E-state index < -0.39 is 53.3 Å². The highest BCUT2D eigenvalue weighted by atomic mass is 32.2. The molecule has 0 aliphatic rings. The van der Waals surface area contributed by atoms with Gasteiger partial charge >= 0.3 is 6.18 Å². The van der Waals surface area contributed by atoms with Gasteiger partial charge in [-0.3, -0.25) is 14.2 Å². The summed E-state index contributed by atoms with van der Waals surface area (Å²) in [4.78, 5) is 26.2. The van der Waals surface area contributed by atoms with Gasteiger partial charge in [-0.25, -0.2) is 16.8 Å². The Morgan fingerprint density at radius 2 is 1.49 bits per heavy atom. The van der Waals surface area contributed by atoms with Gasteiger partial charge in [0.05, 0.1) is 20.2 Å². The maximum absolute atomic E-state index is 13.6. The Morgan fingerprint density at radius 1 is 0.854 bits per heavy atom. The Kier molecular flexibility index (Phi) is 7.96. The Balaban J connectivity index is 1.84. The monoisotopic (exact) mass is 604 g/mol. The van der Waals surface area contributed by atoms with Crippen molar-refractivity contribution in [2.24, 2.45) is 0 Å². The molecule has 0 unspecified atom stereocenters. The highest BCUT2D eigenvalue weighted by molar-refractivity contribution is 7.91. The van der Waals surface area contributed by atoms with E-state index in [1.807, 2.05) is 0 Å². The number of pyridine rings is 1. The van der Waals surface area contributed by atoms with Crippen molar-refractivity contribution in [3.63, 3.8) is 0 Å². The van der Waals surface area contributed by atoms with E-state index in [4.69, 9.17) is 0 Å². The average Bonchev–Trinajstić information content (AvgIpc) is 2.91. The number of aromatic nitrogens is 1. The molecule has 4 aromatic rings. The van der Waals surface area contributed by atoms with Gasteiger partial charge in [0.2, 0.25) is 9.84 Å². The molecule has 13 heteroatoms. The van der Waals surface area contributed by atoms with Crippen LogP contribution in [0, 0.1) is 6.92 Å². The summed E-state index contributed by atoms with van der Waals surface area (Å²) in [5.74, 6) is -0.979. The van der Waals surface area contributed by atoms with Crippen molar-refractivity contribution >= 4 is 25.6 Å². The second kappa shape index (κ2) is 11.0. The van der Waals surface area contributed by atoms with Crippen LogP contribution in [0.25, 0.3) is 5.69 Å². The zero-order chi connectivity index (χ0) is 30.2. The van der Waals surface area contributed by atoms with Crippen molar-refractivity contribution in [1.29, 1.82) is 0 Å². The summed E-state index contributed by atoms with van der Waals surface area (Å²) >= 11 is 0. The number of hydrogen-bond donors (Lipinski definition) is 1. The average molecular weight is 605 g/mol. The van der Waals surface area contributed by atoms with Gasteiger partial charge in [0.1, 0.15) is 5.56 Å². The fourth-order valence-corrected chi connectivity index (χ4v) is 6.26. The SMILES string of the molecule is Cc1c(S(=O)(=O)c2ccccc2)cc(C(=O)NCc2ccc(S(C)(=O)=O)cc2)c(=O)n1-c1cccc(C(F)(F)F)c1. The maximum atomic E-state index is 13.6. The largest absolute Gasteiger partial charge is 0.416 e. The van der Waals surface area contributed by atoms with Gasteiger partial charge in [0, 0.05) is 24.2 Å². The van der Waals surface area contributed by atoms with Crippen molar-refractivity contribution in [2.45, 2.75) is 34.3 Å². The number of nitrogens with one attached hydrogen (secondary N) is 1. The zero-order valence-electron chi connectivity index (χ0n) is 21.6. The van der Waals surface area contributed by atoms with E-state index in [2.05, 4.69) is 5.32 Å². The van der Waals surface area contributed by atoms with E-state index in [9.17, 15) is 39.6 Å². The number of carbonyl (C=O) groups excluding carboxylic acids is 1. The molecule has 0 spiro atoms. The van der Waals surface area contributed by atoms with Crippen LogP contribution in [0.2, 0.25) is 0 Å². The predicted molar refractivity (Wildman–Crippen MR) is 144 cm³/mol. The molecule has 4 rings (SSSR count). The molecule has 41 heavy (non-hydrogen) atoms. The van der Waals surface area contributed by atoms with Gasteiger partial charge in [0.25, 0.3) is 11.5 Å². The molecule has 0 saturated heterocycles. The maximum Gasteiger partial charge on any atom is 0.416 e. The number of benzene rings is 3. The molecule has 0 atom stereocenters. The van der Waals surface area contributed by atoms with Crippen LogP contribution >= 0.6 is 0 Å². The van der Waals surface area contributed by atoms with E-state index in [1.165, 1.54) is 61.5 Å². The fraction of sp³-hybridized carbons (Fsp3) is 0.143. The summed E-state index contributed by atoms with van der Waals surface area (Å²) in [6.45, 7) is 1.11. The van der Waals surface area contributed by atoms with Crippen LogP contribution < -0.4 is 10.9 Å². The summed E-state index contributed by atoms with van der Waals surface area (Å²) in [6, 6.07) is 17.5. The third-order valence-corrected chi connectivity index (χ3v) is 9.24. The van der Waals surface area contributed by atoms with Crippen molar-refractivity contribution in [2.75, 3.05) is 6.26 Å². The summed E-state index contributed by atoms with van der Waals surface area (Å²) < 4.78 is 91.6. The molecule has 8 nitrogen and oxygen atoms in total. The molecule has 0 aliphatic carbocycles. The molecular weight excluding hydrogens is 581 g/mol. The Bertz CT molecular complexity index is 1900. The lowest BCUT2D eigenvalue weighted by atomic mass is 10.1. The van der Waals surface area contributed by atoms with Gasteiger partial charge in [-0.05, 0) is 61.0 Å². The molecule has 1 amide bonds. The zero-order valence-corrected chi connectivity index (χ0v) is 23.3. The summed E-state index contributed by atoms with van der Waals surface area (Å²) in [5, 5.41) is 2.49. The van der Waals surface area contributed by atoms with E-state index >= 15 is 0 Å². The predicted octanol–water partition coefficient (Wildman–Crippen LogP) is 4.33. The number of halogens is 3. The van der Waals surface area contributed by atoms with Crippen LogP contribution in [0.3, 0.4) is 0 Å². The third-order valence-electron chi connectivity index (χ3n) is 6.22. The van der Waals surface area contributed by atoms with Crippen LogP contribution in [0.5, 0.6) is 0 Å². The molecule has 1 N–H and O–H groups in total. The lowest BCUT2D eigenvalue weighted by Crippen LogP contribution is -2.34. The smallest absolute Gasteiger partial charge is 0.348 e. The first-order valence-corrected chi connectivity index (χ1v) is 15.3. The highest BCUT2D eigenvalue weighted by Crippen LogP contribution is 2.31. The lowest BCUT2D eigenvalue weighted by molar-refractivity contribution is -0.137. The first kappa shape index (κ1) is 29.7. The molecule has 0 radical (unpaired) electrons. The van der Waals surface area contributed by atoms with Crippen LogP contribution in [0.4, 0.5) is 13.2 Å². The number of nitrogens with zero attached hydrogens (tertiary/aromatic N) is 1. The molecule has 0 bridgehead atoms. The van der Waals surface area contributed by atoms with Gasteiger partial charge < -0.3 is 5.32 Å². The summed E-state index contributed by atoms with van der Waals surface area (Å²) in [6.07, 6.45) is -3.70. The number of amides is 1. The highest BCUT2D eigenvalue weighted by Gasteiger charge is 2.32. The number of alkyl halides is 3. The number of rotatable bonds is 7. The molecule has 1 aromatic heterocycles. The minimum Gasteiger partial charge on any atom is -0.348 e. The van der Waals surface area contributed by atoms with Gasteiger partial charge in [0.15, 0.2) is 9.84 Å². The van der Waals surface area contributed by atoms with E-state index in [0.29, 0.717) is 11.6 Å². The summed E-state index contributed by atoms with van der Waals surface area (Å²) in [7, 11) is -7.76. The molecule has 3 aromatic carbocycles. The van der Waals surface area contributed by atoms with Gasteiger partial charge in [-0.2, -0.15) is 13.2 Å². The minimum atomic E-state index is -4.74. The van der Waals surface area contributed by atoms with Gasteiger partial charge in [-0.1, -0.05) is 36.4 Å². The third kappa shape index (κ3) is 6.25. The number of hydrogen-bond acceptors (Lipinski definition) is 6. The van der Waals surface area contributed by atoms with Crippen molar-refractivity contribution < 1.29 is 34.8 Å². The topological polar surface area (TPSA) is 119 Å². The van der Waals surface area contributed by atoms with Crippen LogP contribution in [0.1, 0.15) is 27.2 Å². The summed E-state index contributed by atoms with van der Waals surface area (Å²) in [5.41, 5.74) is -2.70. The standard InChI is InChI=1S/C28H23F3N2O6S2/c1-18-25(41(38,39)23-9-4-3-5-10-23)16-24(26(34)32-17-19-11-13-22(14-12-19)40(2,36)37)27(35)33(18)21-8-6-7-20(15-21)28(29,30)31/h3-16H,17H2,1-2H3,(H,32,34). The molecule has 0 fully saturated rings. The molecule has 0 aliphatic heterocycles. The second-order valence-electron chi connectivity index (χ2n) is 9.11. The first-order chi connectivity index (χ1) is 19.1. The van der Waals surface area contributed by atoms with Crippen molar-refractivity contribution in [1.82, 2.24) is 9.88 Å². The normalized spacial score (nSPS) is 12.2. The second-order valence-corrected chi connectivity index (χ2v) is 13.0. The van der Waals surface area contributed by atoms with Gasteiger partial charge in [-0.15, -0.1) is 0 Å². The molecule has 0 saturated carbocycles. The minimum absolute atomic E-state index is 0.0610. The number of sulfone groups is 2. The Morgan fingerprint density at radius 3 is 2.07 bits per heavy atom. The van der Waals surface area contributed by atoms with E-state index in [-0.39, 0.29) is 27.7 Å². The van der Waals surface area contributed by atoms with E-state index in [1.54, 1.807) is 6.07 Å². The quantitative estimate of drug-likeness (QED) is 0.336. The lowest BCUT2D eigenvalue weighted by Gasteiger charge is -2.18. The molecule has 1 heterocycles. The Hall–Kier alpha value is -4.23. The molecule has 214 valence electrons. The van der Waals surface area contributed by atoms with E-state index in [0.717, 1.165) is 29.0 Å². The van der Waals surface area contributed by atoms with Crippen LogP contribution in [-0.2, 0) is 32.4 Å². The van der Waals surface area contributed by atoms with Crippen molar-refractivity contribution in [3.8, 4) is 5.69 Å². The fourth-order valence-electron chi connectivity index (χ4n) is 4.11. The molecular formula is C28H23F3N2O6S2. The first-order valence-electron chi connectivity index (χ1n) is 11.9.